The molecule has 24 heavy (non-hydrogen) atoms. The van der Waals surface area contributed by atoms with E-state index >= 15 is 0 Å². The Morgan fingerprint density at radius 3 is 2.46 bits per heavy atom. The number of nitrogens with zero attached hydrogens (tertiary/aromatic N) is 2. The summed E-state index contributed by atoms with van der Waals surface area (Å²) in [6.07, 6.45) is 3.77. The van der Waals surface area contributed by atoms with E-state index in [4.69, 9.17) is 0 Å². The standard InChI is InChI=1S/C17H14F3N3O/c18-17(19,20)15-14(16(24)21-10-12-6-4-5-7-12)11-23(22-15)13-8-2-1-3-9-13/h1-9,11-12H,10H2,(H,21,24). The Labute approximate surface area is 136 Å². The minimum atomic E-state index is -4.71. The van der Waals surface area contributed by atoms with Crippen LogP contribution in [0.2, 0.25) is 0 Å². The van der Waals surface area contributed by atoms with Gasteiger partial charge >= 0.3 is 6.18 Å². The first-order valence-corrected chi connectivity index (χ1v) is 7.30. The molecule has 7 heteroatoms. The summed E-state index contributed by atoms with van der Waals surface area (Å²) in [4.78, 5) is 12.2. The number of benzene rings is 1. The van der Waals surface area contributed by atoms with Crippen molar-refractivity contribution in [2.45, 2.75) is 6.18 Å². The predicted octanol–water partition coefficient (Wildman–Crippen LogP) is 3.36. The number of allylic oxidation sites excluding steroid dienone is 2. The number of aromatic nitrogens is 2. The minimum Gasteiger partial charge on any atom is -0.351 e. The quantitative estimate of drug-likeness (QED) is 0.933. The molecule has 1 N–H and O–H groups in total. The van der Waals surface area contributed by atoms with Crippen LogP contribution in [-0.2, 0) is 6.18 Å². The van der Waals surface area contributed by atoms with Gasteiger partial charge in [-0.1, -0.05) is 42.5 Å². The van der Waals surface area contributed by atoms with Crippen LogP contribution in [0.4, 0.5) is 13.2 Å². The number of alkyl halides is 3. The second-order valence-electron chi connectivity index (χ2n) is 5.31. The number of carbonyl (C=O) groups excluding carboxylic acids is 1. The van der Waals surface area contributed by atoms with Gasteiger partial charge in [-0.25, -0.2) is 4.68 Å². The van der Waals surface area contributed by atoms with Crippen molar-refractivity contribution >= 4 is 5.91 Å². The van der Waals surface area contributed by atoms with Crippen molar-refractivity contribution in [1.82, 2.24) is 15.1 Å². The highest BCUT2D eigenvalue weighted by atomic mass is 19.4. The Kier molecular flexibility index (Phi) is 4.24. The second kappa shape index (κ2) is 6.35. The normalized spacial score (nSPS) is 14.3. The van der Waals surface area contributed by atoms with Crippen molar-refractivity contribution in [3.63, 3.8) is 0 Å². The molecule has 3 rings (SSSR count). The largest absolute Gasteiger partial charge is 0.435 e. The SMILES string of the molecule is O=C(NCC1C=CC=C1)c1cn(-c2ccccc2)nc1C(F)(F)F. The third kappa shape index (κ3) is 3.40. The molecular weight excluding hydrogens is 319 g/mol. The Bertz CT molecular complexity index is 779. The molecule has 1 heterocycles. The third-order valence-corrected chi connectivity index (χ3v) is 3.57. The van der Waals surface area contributed by atoms with E-state index in [0.717, 1.165) is 10.9 Å². The number of nitrogens with one attached hydrogen (secondary N) is 1. The van der Waals surface area contributed by atoms with Crippen LogP contribution in [0.1, 0.15) is 16.1 Å². The summed E-state index contributed by atoms with van der Waals surface area (Å²) in [6, 6.07) is 8.34. The van der Waals surface area contributed by atoms with E-state index in [9.17, 15) is 18.0 Å². The van der Waals surface area contributed by atoms with Gasteiger partial charge in [-0.15, -0.1) is 0 Å². The van der Waals surface area contributed by atoms with Gasteiger partial charge in [0.1, 0.15) is 0 Å². The number of carbonyl (C=O) groups is 1. The van der Waals surface area contributed by atoms with Crippen LogP contribution in [0, 0.1) is 5.92 Å². The summed E-state index contributed by atoms with van der Waals surface area (Å²) in [5.74, 6) is -0.800. The van der Waals surface area contributed by atoms with E-state index in [1.165, 1.54) is 0 Å². The second-order valence-corrected chi connectivity index (χ2v) is 5.31. The Balaban J connectivity index is 1.87. The van der Waals surface area contributed by atoms with Crippen LogP contribution in [-0.4, -0.2) is 22.2 Å². The molecule has 124 valence electrons. The van der Waals surface area contributed by atoms with Crippen LogP contribution >= 0.6 is 0 Å². The highest BCUT2D eigenvalue weighted by molar-refractivity contribution is 5.95. The van der Waals surface area contributed by atoms with E-state index in [0.29, 0.717) is 5.69 Å². The van der Waals surface area contributed by atoms with E-state index in [-0.39, 0.29) is 12.5 Å². The lowest BCUT2D eigenvalue weighted by Crippen LogP contribution is -2.29. The van der Waals surface area contributed by atoms with Crippen LogP contribution in [0.5, 0.6) is 0 Å². The van der Waals surface area contributed by atoms with Gasteiger partial charge in [0.15, 0.2) is 5.69 Å². The number of rotatable bonds is 4. The number of halogens is 3. The smallest absolute Gasteiger partial charge is 0.351 e. The molecule has 1 aromatic carbocycles. The summed E-state index contributed by atoms with van der Waals surface area (Å²) in [5.41, 5.74) is -1.23. The monoisotopic (exact) mass is 333 g/mol. The molecule has 0 unspecified atom stereocenters. The Morgan fingerprint density at radius 2 is 1.83 bits per heavy atom. The van der Waals surface area contributed by atoms with E-state index in [1.54, 1.807) is 30.3 Å². The van der Waals surface area contributed by atoms with Crippen molar-refractivity contribution in [2.24, 2.45) is 5.92 Å². The van der Waals surface area contributed by atoms with Crippen LogP contribution in [0.15, 0.2) is 60.8 Å². The number of hydrogen-bond acceptors (Lipinski definition) is 2. The molecule has 1 aliphatic carbocycles. The lowest BCUT2D eigenvalue weighted by atomic mass is 10.1. The van der Waals surface area contributed by atoms with Gasteiger partial charge in [0.25, 0.3) is 5.91 Å². The molecule has 4 nitrogen and oxygen atoms in total. The Morgan fingerprint density at radius 1 is 1.17 bits per heavy atom. The molecule has 1 amide bonds. The van der Waals surface area contributed by atoms with Gasteiger partial charge in [-0.3, -0.25) is 4.79 Å². The topological polar surface area (TPSA) is 46.9 Å². The molecule has 0 saturated carbocycles. The minimum absolute atomic E-state index is 0.00699. The molecule has 0 atom stereocenters. The van der Waals surface area contributed by atoms with E-state index in [2.05, 4.69) is 10.4 Å². The molecule has 0 saturated heterocycles. The lowest BCUT2D eigenvalue weighted by Gasteiger charge is -2.09. The molecule has 1 aromatic heterocycles. The first-order valence-electron chi connectivity index (χ1n) is 7.30. The number of hydrogen-bond donors (Lipinski definition) is 1. The van der Waals surface area contributed by atoms with Crippen molar-refractivity contribution in [2.75, 3.05) is 6.54 Å². The first kappa shape index (κ1) is 16.0. The van der Waals surface area contributed by atoms with Gasteiger partial charge in [0.2, 0.25) is 0 Å². The van der Waals surface area contributed by atoms with Crippen LogP contribution < -0.4 is 5.32 Å². The fourth-order valence-electron chi connectivity index (χ4n) is 2.38. The lowest BCUT2D eigenvalue weighted by molar-refractivity contribution is -0.141. The zero-order valence-electron chi connectivity index (χ0n) is 12.5. The number of para-hydroxylation sites is 1. The van der Waals surface area contributed by atoms with Gasteiger partial charge in [-0.05, 0) is 12.1 Å². The van der Waals surface area contributed by atoms with Crippen molar-refractivity contribution < 1.29 is 18.0 Å². The van der Waals surface area contributed by atoms with Crippen molar-refractivity contribution in [3.8, 4) is 5.69 Å². The van der Waals surface area contributed by atoms with Crippen molar-refractivity contribution in [1.29, 1.82) is 0 Å². The zero-order chi connectivity index (χ0) is 17.2. The van der Waals surface area contributed by atoms with Crippen LogP contribution in [0.3, 0.4) is 0 Å². The molecule has 1 aliphatic rings. The molecule has 0 fully saturated rings. The van der Waals surface area contributed by atoms with Gasteiger partial charge in [0.05, 0.1) is 11.3 Å². The zero-order valence-corrected chi connectivity index (χ0v) is 12.5. The van der Waals surface area contributed by atoms with Crippen LogP contribution in [0.25, 0.3) is 5.69 Å². The van der Waals surface area contributed by atoms with Crippen molar-refractivity contribution in [3.05, 3.63) is 72.1 Å². The maximum Gasteiger partial charge on any atom is 0.435 e. The average Bonchev–Trinajstić information content (AvgIpc) is 3.22. The summed E-state index contributed by atoms with van der Waals surface area (Å²) in [7, 11) is 0. The summed E-state index contributed by atoms with van der Waals surface area (Å²) >= 11 is 0. The van der Waals surface area contributed by atoms with Gasteiger partial charge in [-0.2, -0.15) is 18.3 Å². The first-order chi connectivity index (χ1) is 11.4. The highest BCUT2D eigenvalue weighted by Gasteiger charge is 2.39. The molecule has 2 aromatic rings. The van der Waals surface area contributed by atoms with E-state index in [1.807, 2.05) is 24.3 Å². The third-order valence-electron chi connectivity index (χ3n) is 3.57. The van der Waals surface area contributed by atoms with Gasteiger partial charge < -0.3 is 5.32 Å². The summed E-state index contributed by atoms with van der Waals surface area (Å²) in [6.45, 7) is 0.236. The maximum atomic E-state index is 13.2. The highest BCUT2D eigenvalue weighted by Crippen LogP contribution is 2.31. The molecule has 0 spiro atoms. The van der Waals surface area contributed by atoms with Gasteiger partial charge in [0, 0.05) is 18.7 Å². The summed E-state index contributed by atoms with van der Waals surface area (Å²) < 4.78 is 40.7. The van der Waals surface area contributed by atoms with E-state index < -0.39 is 23.3 Å². The fourth-order valence-corrected chi connectivity index (χ4v) is 2.38. The fraction of sp³-hybridized carbons (Fsp3) is 0.176. The molecule has 0 aliphatic heterocycles. The summed E-state index contributed by atoms with van der Waals surface area (Å²) in [5, 5.41) is 6.08. The molecule has 0 bridgehead atoms. The predicted molar refractivity (Wildman–Crippen MR) is 82.7 cm³/mol. The Hall–Kier alpha value is -2.83. The average molecular weight is 333 g/mol. The molecule has 0 radical (unpaired) electrons. The molecular formula is C17H14F3N3O. The number of amides is 1. The maximum absolute atomic E-state index is 13.2.